The molecule has 1 amide bonds. The van der Waals surface area contributed by atoms with Crippen molar-refractivity contribution in [1.82, 2.24) is 5.32 Å². The van der Waals surface area contributed by atoms with Crippen molar-refractivity contribution in [2.75, 3.05) is 6.54 Å². The third-order valence-corrected chi connectivity index (χ3v) is 3.52. The number of aliphatic hydroxyl groups is 1. The second-order valence-corrected chi connectivity index (χ2v) is 5.13. The third kappa shape index (κ3) is 2.91. The predicted molar refractivity (Wildman–Crippen MR) is 74.8 cm³/mol. The standard InChI is InChI=1S/C16H17NO3/c18-14(10-17-16(19)13-7-8-13)11-3-5-12(6-4-11)15-2-1-9-20-15/h1-6,9,13-14,18H,7-8,10H2,(H,17,19)/t14-/m1/s1. The fraction of sp³-hybridized carbons (Fsp3) is 0.312. The van der Waals surface area contributed by atoms with E-state index in [4.69, 9.17) is 4.42 Å². The van der Waals surface area contributed by atoms with Crippen LogP contribution in [0.25, 0.3) is 11.3 Å². The van der Waals surface area contributed by atoms with Crippen molar-refractivity contribution in [1.29, 1.82) is 0 Å². The van der Waals surface area contributed by atoms with E-state index in [2.05, 4.69) is 5.32 Å². The van der Waals surface area contributed by atoms with Crippen molar-refractivity contribution in [2.45, 2.75) is 18.9 Å². The number of benzene rings is 1. The number of carbonyl (C=O) groups excluding carboxylic acids is 1. The first-order valence-electron chi connectivity index (χ1n) is 6.83. The van der Waals surface area contributed by atoms with Crippen molar-refractivity contribution >= 4 is 5.91 Å². The molecule has 3 rings (SSSR count). The number of nitrogens with one attached hydrogen (secondary N) is 1. The molecule has 1 aromatic carbocycles. The smallest absolute Gasteiger partial charge is 0.223 e. The average Bonchev–Trinajstić information content (AvgIpc) is 3.19. The van der Waals surface area contributed by atoms with Crippen LogP contribution in [0.4, 0.5) is 0 Å². The Morgan fingerprint density at radius 1 is 1.30 bits per heavy atom. The molecular weight excluding hydrogens is 254 g/mol. The summed E-state index contributed by atoms with van der Waals surface area (Å²) in [5.41, 5.74) is 1.75. The lowest BCUT2D eigenvalue weighted by Gasteiger charge is -2.12. The van der Waals surface area contributed by atoms with E-state index in [0.717, 1.165) is 29.7 Å². The highest BCUT2D eigenvalue weighted by atomic mass is 16.3. The molecule has 0 bridgehead atoms. The summed E-state index contributed by atoms with van der Waals surface area (Å²) in [4.78, 5) is 11.5. The highest BCUT2D eigenvalue weighted by molar-refractivity contribution is 5.80. The SMILES string of the molecule is O=C(NC[C@@H](O)c1ccc(-c2ccco2)cc1)C1CC1. The summed E-state index contributed by atoms with van der Waals surface area (Å²) in [6.07, 6.45) is 2.90. The van der Waals surface area contributed by atoms with Gasteiger partial charge in [-0.3, -0.25) is 4.79 Å². The Labute approximate surface area is 117 Å². The lowest BCUT2D eigenvalue weighted by atomic mass is 10.1. The Kier molecular flexibility index (Phi) is 3.56. The van der Waals surface area contributed by atoms with Crippen LogP contribution >= 0.6 is 0 Å². The van der Waals surface area contributed by atoms with Crippen molar-refractivity contribution in [3.63, 3.8) is 0 Å². The first-order valence-corrected chi connectivity index (χ1v) is 6.83. The van der Waals surface area contributed by atoms with E-state index < -0.39 is 6.10 Å². The predicted octanol–water partition coefficient (Wildman–Crippen LogP) is 2.51. The van der Waals surface area contributed by atoms with Crippen LogP contribution in [0.15, 0.2) is 47.1 Å². The summed E-state index contributed by atoms with van der Waals surface area (Å²) in [6.45, 7) is 0.259. The van der Waals surface area contributed by atoms with Crippen LogP contribution in [-0.2, 0) is 4.79 Å². The second kappa shape index (κ2) is 5.51. The van der Waals surface area contributed by atoms with E-state index in [1.165, 1.54) is 0 Å². The van der Waals surface area contributed by atoms with Crippen LogP contribution in [0.2, 0.25) is 0 Å². The number of hydrogen-bond acceptors (Lipinski definition) is 3. The van der Waals surface area contributed by atoms with E-state index >= 15 is 0 Å². The van der Waals surface area contributed by atoms with Gasteiger partial charge in [-0.05, 0) is 30.5 Å². The van der Waals surface area contributed by atoms with Gasteiger partial charge in [-0.25, -0.2) is 0 Å². The van der Waals surface area contributed by atoms with E-state index in [0.29, 0.717) is 0 Å². The molecule has 0 unspecified atom stereocenters. The van der Waals surface area contributed by atoms with Gasteiger partial charge in [-0.1, -0.05) is 24.3 Å². The number of furan rings is 1. The fourth-order valence-electron chi connectivity index (χ4n) is 2.12. The molecule has 1 fully saturated rings. The molecule has 1 heterocycles. The van der Waals surface area contributed by atoms with Gasteiger partial charge < -0.3 is 14.8 Å². The van der Waals surface area contributed by atoms with Gasteiger partial charge in [-0.15, -0.1) is 0 Å². The molecular formula is C16H17NO3. The maximum atomic E-state index is 11.5. The summed E-state index contributed by atoms with van der Waals surface area (Å²) < 4.78 is 5.31. The molecule has 0 radical (unpaired) electrons. The molecule has 0 aliphatic heterocycles. The minimum Gasteiger partial charge on any atom is -0.464 e. The molecule has 2 aromatic rings. The summed E-state index contributed by atoms with van der Waals surface area (Å²) in [5, 5.41) is 12.8. The zero-order valence-electron chi connectivity index (χ0n) is 11.1. The number of hydrogen-bond donors (Lipinski definition) is 2. The molecule has 4 nitrogen and oxygen atoms in total. The van der Waals surface area contributed by atoms with Gasteiger partial charge in [-0.2, -0.15) is 0 Å². The van der Waals surface area contributed by atoms with Crippen LogP contribution in [0.5, 0.6) is 0 Å². The lowest BCUT2D eigenvalue weighted by Crippen LogP contribution is -2.29. The van der Waals surface area contributed by atoms with E-state index in [1.54, 1.807) is 6.26 Å². The first-order chi connectivity index (χ1) is 9.74. The van der Waals surface area contributed by atoms with E-state index in [-0.39, 0.29) is 18.4 Å². The van der Waals surface area contributed by atoms with Crippen molar-refractivity contribution in [3.8, 4) is 11.3 Å². The molecule has 1 aromatic heterocycles. The van der Waals surface area contributed by atoms with E-state index in [1.807, 2.05) is 36.4 Å². The monoisotopic (exact) mass is 271 g/mol. The Balaban J connectivity index is 1.60. The number of rotatable bonds is 5. The zero-order valence-corrected chi connectivity index (χ0v) is 11.1. The van der Waals surface area contributed by atoms with Gasteiger partial charge in [0.15, 0.2) is 0 Å². The van der Waals surface area contributed by atoms with Crippen LogP contribution in [0, 0.1) is 5.92 Å². The van der Waals surface area contributed by atoms with Gasteiger partial charge in [0.2, 0.25) is 5.91 Å². The molecule has 1 saturated carbocycles. The maximum Gasteiger partial charge on any atom is 0.223 e. The molecule has 0 saturated heterocycles. The van der Waals surface area contributed by atoms with Crippen molar-refractivity contribution in [2.24, 2.45) is 5.92 Å². The summed E-state index contributed by atoms with van der Waals surface area (Å²) in [7, 11) is 0. The van der Waals surface area contributed by atoms with E-state index in [9.17, 15) is 9.90 Å². The number of aliphatic hydroxyl groups excluding tert-OH is 1. The molecule has 1 aliphatic carbocycles. The normalized spacial score (nSPS) is 15.8. The molecule has 4 heteroatoms. The molecule has 1 aliphatic rings. The minimum atomic E-state index is -0.677. The van der Waals surface area contributed by atoms with Crippen molar-refractivity contribution < 1.29 is 14.3 Å². The summed E-state index contributed by atoms with van der Waals surface area (Å²) >= 11 is 0. The maximum absolute atomic E-state index is 11.5. The Hall–Kier alpha value is -2.07. The first kappa shape index (κ1) is 12.9. The van der Waals surface area contributed by atoms with Gasteiger partial charge in [0.05, 0.1) is 12.4 Å². The van der Waals surface area contributed by atoms with Crippen LogP contribution in [-0.4, -0.2) is 17.6 Å². The largest absolute Gasteiger partial charge is 0.464 e. The number of amides is 1. The molecule has 1 atom stereocenters. The van der Waals surface area contributed by atoms with Crippen LogP contribution < -0.4 is 5.32 Å². The Bertz CT molecular complexity index is 570. The van der Waals surface area contributed by atoms with Gasteiger partial charge in [0.1, 0.15) is 5.76 Å². The molecule has 104 valence electrons. The zero-order chi connectivity index (χ0) is 13.9. The highest BCUT2D eigenvalue weighted by Crippen LogP contribution is 2.29. The van der Waals surface area contributed by atoms with Crippen LogP contribution in [0.1, 0.15) is 24.5 Å². The fourth-order valence-corrected chi connectivity index (χ4v) is 2.12. The molecule has 0 spiro atoms. The van der Waals surface area contributed by atoms with Crippen LogP contribution in [0.3, 0.4) is 0 Å². The van der Waals surface area contributed by atoms with Gasteiger partial charge in [0.25, 0.3) is 0 Å². The molecule has 2 N–H and O–H groups in total. The summed E-state index contributed by atoms with van der Waals surface area (Å²) in [6, 6.07) is 11.2. The van der Waals surface area contributed by atoms with Gasteiger partial charge in [0, 0.05) is 18.0 Å². The average molecular weight is 271 g/mol. The number of carbonyl (C=O) groups is 1. The molecule has 20 heavy (non-hydrogen) atoms. The summed E-state index contributed by atoms with van der Waals surface area (Å²) in [5.74, 6) is 1.02. The Morgan fingerprint density at radius 3 is 2.65 bits per heavy atom. The third-order valence-electron chi connectivity index (χ3n) is 3.52. The second-order valence-electron chi connectivity index (χ2n) is 5.13. The topological polar surface area (TPSA) is 62.5 Å². The lowest BCUT2D eigenvalue weighted by molar-refractivity contribution is -0.122. The van der Waals surface area contributed by atoms with Gasteiger partial charge >= 0.3 is 0 Å². The Morgan fingerprint density at radius 2 is 2.05 bits per heavy atom. The highest BCUT2D eigenvalue weighted by Gasteiger charge is 2.29. The van der Waals surface area contributed by atoms with Crippen molar-refractivity contribution in [3.05, 3.63) is 48.2 Å². The quantitative estimate of drug-likeness (QED) is 0.878. The minimum absolute atomic E-state index is 0.0521.